The molecule has 0 aromatic carbocycles. The highest BCUT2D eigenvalue weighted by Crippen LogP contribution is 2.17. The number of nitrogens with two attached hydrogens (primary N) is 1. The summed E-state index contributed by atoms with van der Waals surface area (Å²) in [5.74, 6) is 0.227. The van der Waals surface area contributed by atoms with Crippen LogP contribution in [-0.2, 0) is 4.74 Å². The lowest BCUT2D eigenvalue weighted by Crippen LogP contribution is -2.55. The minimum absolute atomic E-state index is 0.0178. The molecule has 1 saturated heterocycles. The zero-order valence-corrected chi connectivity index (χ0v) is 7.76. The van der Waals surface area contributed by atoms with Crippen molar-refractivity contribution in [1.29, 1.82) is 5.41 Å². The normalized spacial score (nSPS) is 23.8. The lowest BCUT2D eigenvalue weighted by molar-refractivity contribution is -0.0431. The van der Waals surface area contributed by atoms with Crippen molar-refractivity contribution in [2.75, 3.05) is 26.3 Å². The van der Waals surface area contributed by atoms with Gasteiger partial charge in [0, 0.05) is 12.1 Å². The first-order chi connectivity index (χ1) is 5.52. The lowest BCUT2D eigenvalue weighted by atomic mass is 10.0. The molecule has 70 valence electrons. The van der Waals surface area contributed by atoms with E-state index in [4.69, 9.17) is 15.9 Å². The highest BCUT2D eigenvalue weighted by atomic mass is 16.5. The zero-order chi connectivity index (χ0) is 9.19. The Labute approximate surface area is 73.2 Å². The third-order valence-corrected chi connectivity index (χ3v) is 2.18. The number of ether oxygens (including phenoxy) is 1. The molecule has 1 rings (SSSR count). The summed E-state index contributed by atoms with van der Waals surface area (Å²) in [5.41, 5.74) is 5.36. The monoisotopic (exact) mass is 171 g/mol. The zero-order valence-electron chi connectivity index (χ0n) is 7.76. The number of nitrogens with zero attached hydrogens (tertiary/aromatic N) is 1. The summed E-state index contributed by atoms with van der Waals surface area (Å²) in [6, 6.07) is 0. The smallest absolute Gasteiger partial charge is 0.105 e. The maximum Gasteiger partial charge on any atom is 0.105 e. The van der Waals surface area contributed by atoms with Gasteiger partial charge in [-0.1, -0.05) is 0 Å². The predicted octanol–water partition coefficient (Wildman–Crippen LogP) is 0.0332. The van der Waals surface area contributed by atoms with Crippen LogP contribution in [-0.4, -0.2) is 42.6 Å². The quantitative estimate of drug-likeness (QED) is 0.455. The van der Waals surface area contributed by atoms with Gasteiger partial charge in [0.1, 0.15) is 5.84 Å². The van der Waals surface area contributed by atoms with Crippen LogP contribution in [0.15, 0.2) is 0 Å². The van der Waals surface area contributed by atoms with Gasteiger partial charge in [-0.05, 0) is 13.8 Å². The molecule has 0 aliphatic carbocycles. The second-order valence-corrected chi connectivity index (χ2v) is 3.81. The molecule has 4 heteroatoms. The van der Waals surface area contributed by atoms with Crippen LogP contribution in [0.1, 0.15) is 13.8 Å². The van der Waals surface area contributed by atoms with Crippen molar-refractivity contribution >= 4 is 5.84 Å². The first-order valence-electron chi connectivity index (χ1n) is 4.18. The number of morpholine rings is 1. The molecule has 0 aromatic heterocycles. The van der Waals surface area contributed by atoms with E-state index in [2.05, 4.69) is 18.7 Å². The molecule has 0 saturated carbocycles. The molecule has 0 radical (unpaired) electrons. The van der Waals surface area contributed by atoms with Crippen LogP contribution < -0.4 is 5.73 Å². The van der Waals surface area contributed by atoms with Crippen molar-refractivity contribution in [3.63, 3.8) is 0 Å². The average Bonchev–Trinajstić information content (AvgIpc) is 1.92. The van der Waals surface area contributed by atoms with Gasteiger partial charge in [-0.15, -0.1) is 0 Å². The molecule has 1 aliphatic heterocycles. The maximum absolute atomic E-state index is 7.20. The Kier molecular flexibility index (Phi) is 2.69. The first kappa shape index (κ1) is 9.48. The van der Waals surface area contributed by atoms with Crippen LogP contribution in [0.25, 0.3) is 0 Å². The fraction of sp³-hybridized carbons (Fsp3) is 0.875. The second-order valence-electron chi connectivity index (χ2n) is 3.81. The third-order valence-electron chi connectivity index (χ3n) is 2.18. The molecule has 4 nitrogen and oxygen atoms in total. The van der Waals surface area contributed by atoms with E-state index in [9.17, 15) is 0 Å². The molecule has 1 fully saturated rings. The number of hydrogen-bond acceptors (Lipinski definition) is 3. The molecule has 0 atom stereocenters. The molecule has 1 aliphatic rings. The van der Waals surface area contributed by atoms with Crippen molar-refractivity contribution in [1.82, 2.24) is 4.90 Å². The van der Waals surface area contributed by atoms with Crippen LogP contribution in [0.4, 0.5) is 0 Å². The topological polar surface area (TPSA) is 62.3 Å². The Balaban J connectivity index is 2.54. The molecule has 0 aromatic rings. The summed E-state index contributed by atoms with van der Waals surface area (Å²) >= 11 is 0. The molecule has 0 bridgehead atoms. The largest absolute Gasteiger partial charge is 0.387 e. The average molecular weight is 171 g/mol. The minimum Gasteiger partial charge on any atom is -0.387 e. The molecule has 12 heavy (non-hydrogen) atoms. The maximum atomic E-state index is 7.20. The second kappa shape index (κ2) is 3.41. The molecular weight excluding hydrogens is 154 g/mol. The standard InChI is InChI=1S/C8H17N3O/c1-8(2)6-12-4-3-11(8)5-7(9)10/h3-6H2,1-2H3,(H3,9,10). The van der Waals surface area contributed by atoms with Gasteiger partial charge >= 0.3 is 0 Å². The number of amidine groups is 1. The summed E-state index contributed by atoms with van der Waals surface area (Å²) < 4.78 is 5.34. The molecule has 0 spiro atoms. The van der Waals surface area contributed by atoms with Gasteiger partial charge in [-0.25, -0.2) is 0 Å². The van der Waals surface area contributed by atoms with E-state index in [0.29, 0.717) is 6.54 Å². The highest BCUT2D eigenvalue weighted by Gasteiger charge is 2.30. The summed E-state index contributed by atoms with van der Waals surface area (Å²) in [4.78, 5) is 2.18. The van der Waals surface area contributed by atoms with Gasteiger partial charge < -0.3 is 10.5 Å². The van der Waals surface area contributed by atoms with Gasteiger partial charge in [0.15, 0.2) is 0 Å². The van der Waals surface area contributed by atoms with E-state index in [-0.39, 0.29) is 11.4 Å². The Morgan fingerprint density at radius 1 is 1.67 bits per heavy atom. The molecular formula is C8H17N3O. The van der Waals surface area contributed by atoms with E-state index < -0.39 is 0 Å². The van der Waals surface area contributed by atoms with Crippen molar-refractivity contribution in [3.8, 4) is 0 Å². The fourth-order valence-corrected chi connectivity index (χ4v) is 1.39. The molecule has 0 amide bonds. The van der Waals surface area contributed by atoms with E-state index in [1.165, 1.54) is 0 Å². The molecule has 3 N–H and O–H groups in total. The number of nitrogens with one attached hydrogen (secondary N) is 1. The summed E-state index contributed by atoms with van der Waals surface area (Å²) in [5, 5.41) is 7.20. The van der Waals surface area contributed by atoms with E-state index >= 15 is 0 Å². The number of hydrogen-bond donors (Lipinski definition) is 2. The fourth-order valence-electron chi connectivity index (χ4n) is 1.39. The van der Waals surface area contributed by atoms with E-state index in [1.807, 2.05) is 0 Å². The SMILES string of the molecule is CC1(C)COCCN1CC(=N)N. The van der Waals surface area contributed by atoms with Crippen molar-refractivity contribution < 1.29 is 4.74 Å². The Hall–Kier alpha value is -0.610. The van der Waals surface area contributed by atoms with Crippen LogP contribution in [0.5, 0.6) is 0 Å². The van der Waals surface area contributed by atoms with Crippen LogP contribution in [0, 0.1) is 5.41 Å². The van der Waals surface area contributed by atoms with Crippen LogP contribution >= 0.6 is 0 Å². The predicted molar refractivity (Wildman–Crippen MR) is 48.4 cm³/mol. The molecule has 0 unspecified atom stereocenters. The van der Waals surface area contributed by atoms with Gasteiger partial charge in [-0.3, -0.25) is 10.3 Å². The van der Waals surface area contributed by atoms with Gasteiger partial charge in [0.2, 0.25) is 0 Å². The van der Waals surface area contributed by atoms with Gasteiger partial charge in [-0.2, -0.15) is 0 Å². The van der Waals surface area contributed by atoms with Gasteiger partial charge in [0.25, 0.3) is 0 Å². The Morgan fingerprint density at radius 2 is 2.33 bits per heavy atom. The third kappa shape index (κ3) is 2.19. The van der Waals surface area contributed by atoms with Gasteiger partial charge in [0.05, 0.1) is 19.8 Å². The minimum atomic E-state index is 0.0178. The number of rotatable bonds is 2. The summed E-state index contributed by atoms with van der Waals surface area (Å²) in [7, 11) is 0. The Morgan fingerprint density at radius 3 is 2.83 bits per heavy atom. The summed E-state index contributed by atoms with van der Waals surface area (Å²) in [6.45, 7) is 7.10. The van der Waals surface area contributed by atoms with E-state index in [1.54, 1.807) is 0 Å². The van der Waals surface area contributed by atoms with Crippen LogP contribution in [0.3, 0.4) is 0 Å². The molecule has 1 heterocycles. The Bertz CT molecular complexity index is 179. The van der Waals surface area contributed by atoms with Crippen LogP contribution in [0.2, 0.25) is 0 Å². The highest BCUT2D eigenvalue weighted by molar-refractivity contribution is 5.79. The van der Waals surface area contributed by atoms with Crippen molar-refractivity contribution in [2.45, 2.75) is 19.4 Å². The lowest BCUT2D eigenvalue weighted by Gasteiger charge is -2.41. The first-order valence-corrected chi connectivity index (χ1v) is 4.18. The van der Waals surface area contributed by atoms with Crippen molar-refractivity contribution in [3.05, 3.63) is 0 Å². The van der Waals surface area contributed by atoms with E-state index in [0.717, 1.165) is 19.8 Å². The van der Waals surface area contributed by atoms with Crippen molar-refractivity contribution in [2.24, 2.45) is 5.73 Å². The summed E-state index contributed by atoms with van der Waals surface area (Å²) in [6.07, 6.45) is 0.